The van der Waals surface area contributed by atoms with Gasteiger partial charge in [-0.15, -0.1) is 0 Å². The summed E-state index contributed by atoms with van der Waals surface area (Å²) in [6, 6.07) is 6.74. The number of ether oxygens (including phenoxy) is 1. The van der Waals surface area contributed by atoms with Gasteiger partial charge in [-0.1, -0.05) is 0 Å². The van der Waals surface area contributed by atoms with Gasteiger partial charge in [-0.3, -0.25) is 14.8 Å². The van der Waals surface area contributed by atoms with Gasteiger partial charge in [0.1, 0.15) is 5.82 Å². The largest absolute Gasteiger partial charge is 0.379 e. The van der Waals surface area contributed by atoms with E-state index in [1.54, 1.807) is 0 Å². The average Bonchev–Trinajstić information content (AvgIpc) is 2.73. The Labute approximate surface area is 167 Å². The maximum absolute atomic E-state index is 13.0. The van der Waals surface area contributed by atoms with Gasteiger partial charge >= 0.3 is 0 Å². The number of hydrogen-bond acceptors (Lipinski definition) is 5. The Hall–Kier alpha value is -1.90. The van der Waals surface area contributed by atoms with Crippen LogP contribution in [-0.2, 0) is 4.74 Å². The quantitative estimate of drug-likeness (QED) is 0.383. The molecule has 0 radical (unpaired) electrons. The van der Waals surface area contributed by atoms with Gasteiger partial charge < -0.3 is 20.7 Å². The van der Waals surface area contributed by atoms with Crippen molar-refractivity contribution >= 4 is 11.6 Å². The van der Waals surface area contributed by atoms with Crippen LogP contribution in [0.1, 0.15) is 6.42 Å². The van der Waals surface area contributed by atoms with E-state index in [4.69, 9.17) is 10.5 Å². The van der Waals surface area contributed by atoms with E-state index in [-0.39, 0.29) is 5.82 Å². The van der Waals surface area contributed by atoms with Crippen LogP contribution in [0.15, 0.2) is 29.3 Å². The minimum atomic E-state index is -0.186. The van der Waals surface area contributed by atoms with E-state index in [0.29, 0.717) is 5.96 Å². The molecule has 0 spiro atoms. The number of nitrogens with one attached hydrogen (secondary N) is 1. The summed E-state index contributed by atoms with van der Waals surface area (Å²) in [6.07, 6.45) is 1.02. The third-order valence-electron chi connectivity index (χ3n) is 5.32. The number of guanidine groups is 1. The monoisotopic (exact) mass is 392 g/mol. The van der Waals surface area contributed by atoms with Gasteiger partial charge in [0.2, 0.25) is 0 Å². The maximum Gasteiger partial charge on any atom is 0.188 e. The highest BCUT2D eigenvalue weighted by molar-refractivity contribution is 5.77. The molecule has 7 nitrogen and oxygen atoms in total. The number of nitrogens with zero attached hydrogens (tertiary/aromatic N) is 4. The molecule has 28 heavy (non-hydrogen) atoms. The molecule has 3 N–H and O–H groups in total. The van der Waals surface area contributed by atoms with Crippen LogP contribution in [0, 0.1) is 5.82 Å². The third kappa shape index (κ3) is 6.92. The van der Waals surface area contributed by atoms with Crippen LogP contribution in [0.3, 0.4) is 0 Å². The molecule has 0 unspecified atom stereocenters. The molecule has 2 saturated heterocycles. The molecule has 0 aliphatic carbocycles. The average molecular weight is 393 g/mol. The highest BCUT2D eigenvalue weighted by atomic mass is 19.1. The lowest BCUT2D eigenvalue weighted by Gasteiger charge is -2.36. The van der Waals surface area contributed by atoms with E-state index in [2.05, 4.69) is 25.0 Å². The first-order chi connectivity index (χ1) is 13.7. The lowest BCUT2D eigenvalue weighted by atomic mass is 10.2. The van der Waals surface area contributed by atoms with Crippen molar-refractivity contribution in [3.63, 3.8) is 0 Å². The van der Waals surface area contributed by atoms with E-state index < -0.39 is 0 Å². The summed E-state index contributed by atoms with van der Waals surface area (Å²) in [4.78, 5) is 11.5. The smallest absolute Gasteiger partial charge is 0.188 e. The van der Waals surface area contributed by atoms with Gasteiger partial charge in [-0.2, -0.15) is 0 Å². The first kappa shape index (κ1) is 20.8. The number of piperazine rings is 1. The fraction of sp³-hybridized carbons (Fsp3) is 0.650. The van der Waals surface area contributed by atoms with Gasteiger partial charge in [-0.25, -0.2) is 4.39 Å². The van der Waals surface area contributed by atoms with Crippen LogP contribution < -0.4 is 16.0 Å². The van der Waals surface area contributed by atoms with Crippen molar-refractivity contribution in [1.29, 1.82) is 0 Å². The Morgan fingerprint density at radius 2 is 1.68 bits per heavy atom. The predicted octanol–water partition coefficient (Wildman–Crippen LogP) is 0.574. The topological polar surface area (TPSA) is 69.4 Å². The predicted molar refractivity (Wildman–Crippen MR) is 111 cm³/mol. The van der Waals surface area contributed by atoms with Crippen molar-refractivity contribution in [3.05, 3.63) is 30.1 Å². The molecule has 3 rings (SSSR count). The van der Waals surface area contributed by atoms with Gasteiger partial charge in [0, 0.05) is 71.1 Å². The number of anilines is 1. The first-order valence-electron chi connectivity index (χ1n) is 10.3. The Balaban J connectivity index is 1.25. The molecule has 2 heterocycles. The number of hydrogen-bond donors (Lipinski definition) is 2. The second-order valence-corrected chi connectivity index (χ2v) is 7.31. The van der Waals surface area contributed by atoms with Crippen molar-refractivity contribution in [2.24, 2.45) is 10.7 Å². The second-order valence-electron chi connectivity index (χ2n) is 7.31. The number of rotatable bonds is 8. The molecule has 8 heteroatoms. The van der Waals surface area contributed by atoms with Crippen molar-refractivity contribution in [2.45, 2.75) is 6.42 Å². The number of aliphatic imine (C=N–C) groups is 1. The van der Waals surface area contributed by atoms with Crippen molar-refractivity contribution in [2.75, 3.05) is 83.6 Å². The zero-order valence-corrected chi connectivity index (χ0v) is 16.7. The summed E-state index contributed by atoms with van der Waals surface area (Å²) in [5, 5.41) is 3.21. The van der Waals surface area contributed by atoms with E-state index in [1.165, 1.54) is 12.1 Å². The van der Waals surface area contributed by atoms with Crippen LogP contribution in [0.2, 0.25) is 0 Å². The fourth-order valence-corrected chi connectivity index (χ4v) is 3.60. The summed E-state index contributed by atoms with van der Waals surface area (Å²) in [5.74, 6) is 0.348. The molecular weight excluding hydrogens is 359 g/mol. The van der Waals surface area contributed by atoms with Crippen LogP contribution >= 0.6 is 0 Å². The van der Waals surface area contributed by atoms with Gasteiger partial charge in [-0.05, 0) is 30.7 Å². The van der Waals surface area contributed by atoms with Crippen molar-refractivity contribution < 1.29 is 9.13 Å². The van der Waals surface area contributed by atoms with Crippen molar-refractivity contribution in [1.82, 2.24) is 15.1 Å². The molecular formula is C20H33FN6O. The summed E-state index contributed by atoms with van der Waals surface area (Å²) in [6.45, 7) is 11.2. The summed E-state index contributed by atoms with van der Waals surface area (Å²) < 4.78 is 18.4. The molecule has 2 aliphatic rings. The zero-order valence-electron chi connectivity index (χ0n) is 16.7. The molecule has 0 atom stereocenters. The molecule has 156 valence electrons. The number of halogens is 1. The molecule has 1 aromatic rings. The third-order valence-corrected chi connectivity index (χ3v) is 5.32. The number of benzene rings is 1. The molecule has 1 aromatic carbocycles. The number of nitrogens with two attached hydrogens (primary N) is 1. The Kier molecular flexibility index (Phi) is 8.32. The van der Waals surface area contributed by atoms with Crippen LogP contribution in [0.4, 0.5) is 10.1 Å². The molecule has 0 bridgehead atoms. The zero-order chi connectivity index (χ0) is 19.6. The SMILES string of the molecule is NC(=NCCCN1CCOCC1)NCCN1CCN(c2ccc(F)cc2)CC1. The van der Waals surface area contributed by atoms with Gasteiger partial charge in [0.25, 0.3) is 0 Å². The van der Waals surface area contributed by atoms with Crippen LogP contribution in [-0.4, -0.2) is 94.4 Å². The lowest BCUT2D eigenvalue weighted by Crippen LogP contribution is -2.49. The minimum absolute atomic E-state index is 0.186. The highest BCUT2D eigenvalue weighted by Gasteiger charge is 2.16. The minimum Gasteiger partial charge on any atom is -0.379 e. The fourth-order valence-electron chi connectivity index (χ4n) is 3.60. The molecule has 0 aromatic heterocycles. The van der Waals surface area contributed by atoms with E-state index in [9.17, 15) is 4.39 Å². The first-order valence-corrected chi connectivity index (χ1v) is 10.3. The van der Waals surface area contributed by atoms with Gasteiger partial charge in [0.15, 0.2) is 5.96 Å². The van der Waals surface area contributed by atoms with Crippen LogP contribution in [0.5, 0.6) is 0 Å². The summed E-state index contributed by atoms with van der Waals surface area (Å²) in [7, 11) is 0. The number of morpholine rings is 1. The maximum atomic E-state index is 13.0. The second kappa shape index (κ2) is 11.2. The molecule has 2 aliphatic heterocycles. The van der Waals surface area contributed by atoms with Gasteiger partial charge in [0.05, 0.1) is 13.2 Å². The van der Waals surface area contributed by atoms with Crippen LogP contribution in [0.25, 0.3) is 0 Å². The normalized spacial score (nSPS) is 19.8. The molecule has 0 amide bonds. The van der Waals surface area contributed by atoms with Crippen molar-refractivity contribution in [3.8, 4) is 0 Å². The highest BCUT2D eigenvalue weighted by Crippen LogP contribution is 2.16. The molecule has 2 fully saturated rings. The van der Waals surface area contributed by atoms with E-state index in [1.807, 2.05) is 12.1 Å². The Bertz CT molecular complexity index is 597. The Morgan fingerprint density at radius 3 is 2.39 bits per heavy atom. The summed E-state index contributed by atoms with van der Waals surface area (Å²) >= 11 is 0. The Morgan fingerprint density at radius 1 is 1.00 bits per heavy atom. The standard InChI is InChI=1S/C20H33FN6O/c21-18-2-4-19(5-3-18)27-12-10-26(11-13-27)9-7-24-20(22)23-6-1-8-25-14-16-28-17-15-25/h2-5H,1,6-17H2,(H3,22,23,24). The van der Waals surface area contributed by atoms with E-state index >= 15 is 0 Å². The molecule has 0 saturated carbocycles. The van der Waals surface area contributed by atoms with E-state index in [0.717, 1.165) is 90.8 Å². The lowest BCUT2D eigenvalue weighted by molar-refractivity contribution is 0.0377. The summed E-state index contributed by atoms with van der Waals surface area (Å²) in [5.41, 5.74) is 7.06.